The van der Waals surface area contributed by atoms with Crippen molar-refractivity contribution in [1.82, 2.24) is 4.98 Å². The molecule has 0 unspecified atom stereocenters. The molecule has 0 radical (unpaired) electrons. The second-order valence-electron chi connectivity index (χ2n) is 4.43. The van der Waals surface area contributed by atoms with Gasteiger partial charge in [0.25, 0.3) is 0 Å². The Morgan fingerprint density at radius 2 is 1.95 bits per heavy atom. The second-order valence-corrected chi connectivity index (χ2v) is 6.24. The van der Waals surface area contributed by atoms with Crippen LogP contribution >= 0.6 is 27.3 Å². The van der Waals surface area contributed by atoms with Crippen LogP contribution in [0.5, 0.6) is 0 Å². The van der Waals surface area contributed by atoms with E-state index in [1.807, 2.05) is 0 Å². The molecule has 22 heavy (non-hydrogen) atoms. The van der Waals surface area contributed by atoms with Crippen LogP contribution in [0.2, 0.25) is 0 Å². The number of pyridine rings is 1. The predicted octanol–water partition coefficient (Wildman–Crippen LogP) is 4.79. The average Bonchev–Trinajstić information content (AvgIpc) is 2.83. The van der Waals surface area contributed by atoms with Gasteiger partial charge in [0, 0.05) is 17.8 Å². The fourth-order valence-corrected chi connectivity index (χ4v) is 4.06. The van der Waals surface area contributed by atoms with Gasteiger partial charge in [0.05, 0.1) is 21.8 Å². The summed E-state index contributed by atoms with van der Waals surface area (Å²) in [7, 11) is 1.29. The molecule has 0 saturated heterocycles. The van der Waals surface area contributed by atoms with Crippen molar-refractivity contribution in [2.24, 2.45) is 0 Å². The maximum absolute atomic E-state index is 13.4. The Morgan fingerprint density at radius 1 is 1.27 bits per heavy atom. The Morgan fingerprint density at radius 3 is 2.59 bits per heavy atom. The smallest absolute Gasteiger partial charge is 0.349 e. The van der Waals surface area contributed by atoms with Gasteiger partial charge in [0.2, 0.25) is 0 Å². The number of halogens is 3. The molecule has 112 valence electrons. The molecule has 0 bridgehead atoms. The molecule has 0 aliphatic heterocycles. The lowest BCUT2D eigenvalue weighted by Crippen LogP contribution is -1.98. The Kier molecular flexibility index (Phi) is 3.92. The van der Waals surface area contributed by atoms with Gasteiger partial charge in [-0.3, -0.25) is 4.98 Å². The molecular weight excluding hydrogens is 376 g/mol. The summed E-state index contributed by atoms with van der Waals surface area (Å²) in [5, 5.41) is 0. The number of nitrogens with zero attached hydrogens (tertiary/aromatic N) is 1. The quantitative estimate of drug-likeness (QED) is 0.597. The molecule has 0 fully saturated rings. The number of rotatable bonds is 2. The normalized spacial score (nSPS) is 10.9. The lowest BCUT2D eigenvalue weighted by Gasteiger charge is -2.03. The van der Waals surface area contributed by atoms with E-state index in [0.29, 0.717) is 30.7 Å². The molecule has 0 spiro atoms. The van der Waals surface area contributed by atoms with Gasteiger partial charge < -0.3 is 4.74 Å². The maximum atomic E-state index is 13.4. The van der Waals surface area contributed by atoms with E-state index in [0.717, 1.165) is 17.4 Å². The summed E-state index contributed by atoms with van der Waals surface area (Å²) in [6.45, 7) is 0. The van der Waals surface area contributed by atoms with E-state index in [-0.39, 0.29) is 0 Å². The first kappa shape index (κ1) is 15.1. The molecule has 0 atom stereocenters. The van der Waals surface area contributed by atoms with Crippen LogP contribution in [-0.2, 0) is 4.74 Å². The van der Waals surface area contributed by atoms with Gasteiger partial charge in [-0.1, -0.05) is 0 Å². The van der Waals surface area contributed by atoms with Gasteiger partial charge in [-0.05, 0) is 39.7 Å². The topological polar surface area (TPSA) is 39.2 Å². The van der Waals surface area contributed by atoms with Gasteiger partial charge in [-0.2, -0.15) is 0 Å². The molecule has 7 heteroatoms. The van der Waals surface area contributed by atoms with Crippen molar-refractivity contribution >= 4 is 43.5 Å². The average molecular weight is 384 g/mol. The minimum absolute atomic E-state index is 0.356. The number of hydrogen-bond acceptors (Lipinski definition) is 4. The maximum Gasteiger partial charge on any atom is 0.349 e. The number of hydrogen-bond donors (Lipinski definition) is 0. The minimum atomic E-state index is -0.663. The highest BCUT2D eigenvalue weighted by atomic mass is 79.9. The van der Waals surface area contributed by atoms with Gasteiger partial charge in [-0.25, -0.2) is 13.6 Å². The highest BCUT2D eigenvalue weighted by Crippen LogP contribution is 2.40. The van der Waals surface area contributed by atoms with Gasteiger partial charge in [0.15, 0.2) is 0 Å². The predicted molar refractivity (Wildman–Crippen MR) is 84.0 cm³/mol. The number of benzene rings is 1. The SMILES string of the molecule is COC(=O)c1sc2c(-c3cc(F)cc(F)c3)ccnc2c1Br. The molecular formula is C15H8BrF2NO2S. The molecule has 3 rings (SSSR count). The monoisotopic (exact) mass is 383 g/mol. The van der Waals surface area contributed by atoms with Gasteiger partial charge in [0.1, 0.15) is 16.5 Å². The lowest BCUT2D eigenvalue weighted by atomic mass is 10.1. The molecule has 0 saturated carbocycles. The van der Waals surface area contributed by atoms with Crippen molar-refractivity contribution in [3.8, 4) is 11.1 Å². The van der Waals surface area contributed by atoms with Crippen molar-refractivity contribution in [2.75, 3.05) is 7.11 Å². The molecule has 1 aromatic carbocycles. The van der Waals surface area contributed by atoms with Crippen molar-refractivity contribution in [3.63, 3.8) is 0 Å². The lowest BCUT2D eigenvalue weighted by molar-refractivity contribution is 0.0605. The highest BCUT2D eigenvalue weighted by Gasteiger charge is 2.20. The van der Waals surface area contributed by atoms with E-state index >= 15 is 0 Å². The fraction of sp³-hybridized carbons (Fsp3) is 0.0667. The van der Waals surface area contributed by atoms with Crippen LogP contribution in [0.1, 0.15) is 9.67 Å². The zero-order chi connectivity index (χ0) is 15.9. The van der Waals surface area contributed by atoms with E-state index in [9.17, 15) is 13.6 Å². The van der Waals surface area contributed by atoms with Gasteiger partial charge in [-0.15, -0.1) is 11.3 Å². The number of ether oxygens (including phenoxy) is 1. The molecule has 2 aromatic heterocycles. The Balaban J connectivity index is 2.29. The first-order valence-electron chi connectivity index (χ1n) is 6.13. The van der Waals surface area contributed by atoms with Crippen molar-refractivity contribution in [2.45, 2.75) is 0 Å². The molecule has 0 N–H and O–H groups in total. The number of fused-ring (bicyclic) bond motifs is 1. The summed E-state index contributed by atoms with van der Waals surface area (Å²) in [4.78, 5) is 16.3. The Hall–Kier alpha value is -1.86. The van der Waals surface area contributed by atoms with E-state index in [1.165, 1.54) is 25.4 Å². The van der Waals surface area contributed by atoms with Crippen LogP contribution in [0.4, 0.5) is 8.78 Å². The summed E-state index contributed by atoms with van der Waals surface area (Å²) < 4.78 is 32.8. The number of thiophene rings is 1. The molecule has 0 aliphatic rings. The minimum Gasteiger partial charge on any atom is -0.465 e. The van der Waals surface area contributed by atoms with Crippen LogP contribution in [0.3, 0.4) is 0 Å². The van der Waals surface area contributed by atoms with Crippen molar-refractivity contribution in [3.05, 3.63) is 51.4 Å². The number of methoxy groups -OCH3 is 1. The third kappa shape index (κ3) is 2.50. The van der Waals surface area contributed by atoms with Gasteiger partial charge >= 0.3 is 5.97 Å². The zero-order valence-corrected chi connectivity index (χ0v) is 13.6. The molecule has 0 amide bonds. The van der Waals surface area contributed by atoms with E-state index < -0.39 is 17.6 Å². The molecule has 3 nitrogen and oxygen atoms in total. The Labute approximate surface area is 136 Å². The number of aromatic nitrogens is 1. The summed E-state index contributed by atoms with van der Waals surface area (Å²) in [6, 6.07) is 4.94. The van der Waals surface area contributed by atoms with Crippen LogP contribution in [0.25, 0.3) is 21.3 Å². The van der Waals surface area contributed by atoms with Crippen LogP contribution in [0, 0.1) is 11.6 Å². The molecule has 0 aliphatic carbocycles. The third-order valence-corrected chi connectivity index (χ3v) is 5.29. The summed E-state index contributed by atoms with van der Waals surface area (Å²) in [5.41, 5.74) is 1.53. The van der Waals surface area contributed by atoms with Crippen molar-refractivity contribution < 1.29 is 18.3 Å². The van der Waals surface area contributed by atoms with Crippen LogP contribution in [-0.4, -0.2) is 18.1 Å². The van der Waals surface area contributed by atoms with E-state index in [2.05, 4.69) is 20.9 Å². The second kappa shape index (κ2) is 5.73. The molecule has 2 heterocycles. The summed E-state index contributed by atoms with van der Waals surface area (Å²) in [5.74, 6) is -1.82. The van der Waals surface area contributed by atoms with Crippen LogP contribution < -0.4 is 0 Å². The number of carbonyl (C=O) groups is 1. The summed E-state index contributed by atoms with van der Waals surface area (Å²) in [6.07, 6.45) is 1.53. The van der Waals surface area contributed by atoms with E-state index in [4.69, 9.17) is 4.74 Å². The van der Waals surface area contributed by atoms with Crippen LogP contribution in [0.15, 0.2) is 34.9 Å². The standard InChI is InChI=1S/C15H8BrF2NO2S/c1-21-15(20)14-11(16)12-13(22-14)10(2-3-19-12)7-4-8(17)6-9(18)5-7/h2-6H,1H3. The highest BCUT2D eigenvalue weighted by molar-refractivity contribution is 9.10. The number of carbonyl (C=O) groups excluding carboxylic acids is 1. The number of esters is 1. The largest absolute Gasteiger partial charge is 0.465 e. The first-order valence-corrected chi connectivity index (χ1v) is 7.74. The molecule has 3 aromatic rings. The third-order valence-electron chi connectivity index (χ3n) is 3.06. The first-order chi connectivity index (χ1) is 10.5. The Bertz CT molecular complexity index is 874. The van der Waals surface area contributed by atoms with E-state index in [1.54, 1.807) is 6.07 Å². The van der Waals surface area contributed by atoms with Crippen molar-refractivity contribution in [1.29, 1.82) is 0 Å². The zero-order valence-electron chi connectivity index (χ0n) is 11.2. The fourth-order valence-electron chi connectivity index (χ4n) is 2.12. The summed E-state index contributed by atoms with van der Waals surface area (Å²) >= 11 is 4.49.